The average molecular weight is 269 g/mol. The van der Waals surface area contributed by atoms with Gasteiger partial charge >= 0.3 is 0 Å². The van der Waals surface area contributed by atoms with Gasteiger partial charge in [-0.15, -0.1) is 0 Å². The van der Waals surface area contributed by atoms with E-state index in [1.165, 1.54) is 29.4 Å². The second kappa shape index (κ2) is 5.46. The minimum Gasteiger partial charge on any atom is -0.399 e. The SMILES string of the molecule is CCc1nsc(SCc2ccc(N)cc2F)n1. The molecule has 0 aliphatic heterocycles. The third kappa shape index (κ3) is 3.17. The number of benzene rings is 1. The molecule has 90 valence electrons. The normalized spacial score (nSPS) is 10.7. The summed E-state index contributed by atoms with van der Waals surface area (Å²) in [7, 11) is 0. The smallest absolute Gasteiger partial charge is 0.170 e. The molecule has 2 aromatic rings. The van der Waals surface area contributed by atoms with E-state index >= 15 is 0 Å². The van der Waals surface area contributed by atoms with E-state index in [4.69, 9.17) is 5.73 Å². The highest BCUT2D eigenvalue weighted by atomic mass is 32.2. The Labute approximate surface area is 107 Å². The van der Waals surface area contributed by atoms with Crippen molar-refractivity contribution in [3.8, 4) is 0 Å². The molecular weight excluding hydrogens is 257 g/mol. The summed E-state index contributed by atoms with van der Waals surface area (Å²) in [5.41, 5.74) is 6.57. The lowest BCUT2D eigenvalue weighted by atomic mass is 10.2. The van der Waals surface area contributed by atoms with E-state index in [0.717, 1.165) is 16.6 Å². The number of nitrogens with zero attached hydrogens (tertiary/aromatic N) is 2. The van der Waals surface area contributed by atoms with E-state index in [0.29, 0.717) is 17.0 Å². The summed E-state index contributed by atoms with van der Waals surface area (Å²) in [4.78, 5) is 4.31. The quantitative estimate of drug-likeness (QED) is 0.684. The van der Waals surface area contributed by atoms with Crippen molar-refractivity contribution in [1.82, 2.24) is 9.36 Å². The maximum atomic E-state index is 13.5. The fraction of sp³-hybridized carbons (Fsp3) is 0.273. The molecule has 0 aliphatic carbocycles. The molecule has 0 unspecified atom stereocenters. The summed E-state index contributed by atoms with van der Waals surface area (Å²) in [6.45, 7) is 2.01. The van der Waals surface area contributed by atoms with Gasteiger partial charge in [-0.3, -0.25) is 0 Å². The van der Waals surface area contributed by atoms with E-state index in [9.17, 15) is 4.39 Å². The first kappa shape index (κ1) is 12.3. The first-order chi connectivity index (χ1) is 8.19. The first-order valence-corrected chi connectivity index (χ1v) is 6.94. The van der Waals surface area contributed by atoms with Crippen LogP contribution in [0.3, 0.4) is 0 Å². The van der Waals surface area contributed by atoms with Crippen LogP contribution in [0.5, 0.6) is 0 Å². The van der Waals surface area contributed by atoms with Crippen LogP contribution in [0.15, 0.2) is 22.5 Å². The summed E-state index contributed by atoms with van der Waals surface area (Å²) in [5.74, 6) is 1.12. The average Bonchev–Trinajstić information content (AvgIpc) is 2.76. The Morgan fingerprint density at radius 3 is 2.94 bits per heavy atom. The molecule has 2 N–H and O–H groups in total. The van der Waals surface area contributed by atoms with Gasteiger partial charge in [-0.2, -0.15) is 4.37 Å². The second-order valence-electron chi connectivity index (χ2n) is 3.47. The Morgan fingerprint density at radius 1 is 1.47 bits per heavy atom. The van der Waals surface area contributed by atoms with Crippen LogP contribution >= 0.6 is 23.3 Å². The van der Waals surface area contributed by atoms with Gasteiger partial charge in [-0.1, -0.05) is 24.8 Å². The van der Waals surface area contributed by atoms with Crippen LogP contribution < -0.4 is 5.73 Å². The molecule has 17 heavy (non-hydrogen) atoms. The Morgan fingerprint density at radius 2 is 2.29 bits per heavy atom. The fourth-order valence-electron chi connectivity index (χ4n) is 1.26. The first-order valence-electron chi connectivity index (χ1n) is 5.18. The van der Waals surface area contributed by atoms with Crippen LogP contribution in [0.25, 0.3) is 0 Å². The van der Waals surface area contributed by atoms with Gasteiger partial charge in [0.25, 0.3) is 0 Å². The standard InChI is InChI=1S/C11H12FN3S2/c1-2-10-14-11(17-15-10)16-6-7-3-4-8(13)5-9(7)12/h3-5H,2,6,13H2,1H3. The number of hydrogen-bond acceptors (Lipinski definition) is 5. The van der Waals surface area contributed by atoms with Crippen LogP contribution in [-0.2, 0) is 12.2 Å². The number of aryl methyl sites for hydroxylation is 1. The van der Waals surface area contributed by atoms with Gasteiger partial charge in [0.2, 0.25) is 0 Å². The van der Waals surface area contributed by atoms with Crippen molar-refractivity contribution in [1.29, 1.82) is 0 Å². The Kier molecular flexibility index (Phi) is 3.96. The molecule has 6 heteroatoms. The zero-order chi connectivity index (χ0) is 12.3. The molecule has 0 saturated carbocycles. The minimum absolute atomic E-state index is 0.266. The Bertz CT molecular complexity index is 513. The van der Waals surface area contributed by atoms with Crippen molar-refractivity contribution in [3.63, 3.8) is 0 Å². The molecule has 1 heterocycles. The van der Waals surface area contributed by atoms with Gasteiger partial charge < -0.3 is 5.73 Å². The molecule has 0 amide bonds. The number of aromatic nitrogens is 2. The van der Waals surface area contributed by atoms with Gasteiger partial charge in [0.15, 0.2) is 4.34 Å². The lowest BCUT2D eigenvalue weighted by Gasteiger charge is -2.01. The van der Waals surface area contributed by atoms with Gasteiger partial charge in [0.1, 0.15) is 11.6 Å². The van der Waals surface area contributed by atoms with Crippen molar-refractivity contribution >= 4 is 29.0 Å². The highest BCUT2D eigenvalue weighted by Crippen LogP contribution is 2.26. The van der Waals surface area contributed by atoms with Gasteiger partial charge in [0.05, 0.1) is 0 Å². The number of hydrogen-bond donors (Lipinski definition) is 1. The molecule has 0 saturated heterocycles. The molecule has 1 aromatic heterocycles. The molecule has 0 fully saturated rings. The van der Waals surface area contributed by atoms with Gasteiger partial charge in [-0.05, 0) is 29.2 Å². The number of anilines is 1. The Balaban J connectivity index is 2.02. The monoisotopic (exact) mass is 269 g/mol. The third-order valence-electron chi connectivity index (χ3n) is 2.19. The van der Waals surface area contributed by atoms with E-state index in [1.807, 2.05) is 6.92 Å². The number of halogens is 1. The van der Waals surface area contributed by atoms with Crippen molar-refractivity contribution in [2.75, 3.05) is 5.73 Å². The molecule has 3 nitrogen and oxygen atoms in total. The van der Waals surface area contributed by atoms with Crippen molar-refractivity contribution in [2.45, 2.75) is 23.4 Å². The van der Waals surface area contributed by atoms with Crippen LogP contribution in [0.2, 0.25) is 0 Å². The maximum absolute atomic E-state index is 13.5. The molecule has 0 radical (unpaired) electrons. The summed E-state index contributed by atoms with van der Waals surface area (Å²) in [6, 6.07) is 4.75. The lowest BCUT2D eigenvalue weighted by molar-refractivity contribution is 0.618. The zero-order valence-electron chi connectivity index (χ0n) is 9.31. The van der Waals surface area contributed by atoms with Crippen LogP contribution in [-0.4, -0.2) is 9.36 Å². The zero-order valence-corrected chi connectivity index (χ0v) is 10.9. The fourth-order valence-corrected chi connectivity index (χ4v) is 2.94. The van der Waals surface area contributed by atoms with Gasteiger partial charge in [0, 0.05) is 17.9 Å². The molecule has 2 rings (SSSR count). The summed E-state index contributed by atoms with van der Waals surface area (Å²) >= 11 is 2.85. The van der Waals surface area contributed by atoms with Crippen LogP contribution in [0.4, 0.5) is 10.1 Å². The van der Waals surface area contributed by atoms with E-state index in [-0.39, 0.29) is 5.82 Å². The molecule has 0 aliphatic rings. The van der Waals surface area contributed by atoms with Gasteiger partial charge in [-0.25, -0.2) is 9.37 Å². The highest BCUT2D eigenvalue weighted by molar-refractivity contribution is 8.00. The van der Waals surface area contributed by atoms with Crippen molar-refractivity contribution in [2.24, 2.45) is 0 Å². The summed E-state index contributed by atoms with van der Waals surface area (Å²) < 4.78 is 18.6. The lowest BCUT2D eigenvalue weighted by Crippen LogP contribution is -1.91. The van der Waals surface area contributed by atoms with Crippen LogP contribution in [0, 0.1) is 5.82 Å². The highest BCUT2D eigenvalue weighted by Gasteiger charge is 2.06. The largest absolute Gasteiger partial charge is 0.399 e. The Hall–Kier alpha value is -1.14. The van der Waals surface area contributed by atoms with E-state index in [1.54, 1.807) is 12.1 Å². The molecule has 0 atom stereocenters. The molecule has 0 spiro atoms. The van der Waals surface area contributed by atoms with E-state index < -0.39 is 0 Å². The van der Waals surface area contributed by atoms with E-state index in [2.05, 4.69) is 9.36 Å². The molecule has 0 bridgehead atoms. The topological polar surface area (TPSA) is 51.8 Å². The van der Waals surface area contributed by atoms with Crippen LogP contribution in [0.1, 0.15) is 18.3 Å². The minimum atomic E-state index is -0.266. The summed E-state index contributed by atoms with van der Waals surface area (Å²) in [5, 5.41) is 0. The second-order valence-corrected chi connectivity index (χ2v) is 5.44. The molecule has 1 aromatic carbocycles. The maximum Gasteiger partial charge on any atom is 0.170 e. The number of nitrogen functional groups attached to an aromatic ring is 1. The summed E-state index contributed by atoms with van der Waals surface area (Å²) in [6.07, 6.45) is 0.827. The third-order valence-corrected chi connectivity index (χ3v) is 4.11. The predicted octanol–water partition coefficient (Wildman–Crippen LogP) is 3.11. The number of nitrogens with two attached hydrogens (primary N) is 1. The predicted molar refractivity (Wildman–Crippen MR) is 69.7 cm³/mol. The van der Waals surface area contributed by atoms with Crippen molar-refractivity contribution < 1.29 is 4.39 Å². The molecular formula is C11H12FN3S2. The number of thioether (sulfide) groups is 1. The van der Waals surface area contributed by atoms with Crippen molar-refractivity contribution in [3.05, 3.63) is 35.4 Å². The number of rotatable bonds is 4.